The maximum Gasteiger partial charge on any atom is 6.00 e. The molecule has 0 radical (unpaired) electrons. The van der Waals surface area contributed by atoms with Gasteiger partial charge in [-0.3, -0.25) is 0 Å². The predicted octanol–water partition coefficient (Wildman–Crippen LogP) is 3.87. The Morgan fingerprint density at radius 3 is 1.13 bits per heavy atom. The van der Waals surface area contributed by atoms with E-state index < -0.39 is 0 Å². The first kappa shape index (κ1) is 35.7. The van der Waals surface area contributed by atoms with Crippen LogP contribution in [-0.4, -0.2) is 44.6 Å². The minimum absolute atomic E-state index is 0. The Morgan fingerprint density at radius 2 is 1.00 bits per heavy atom. The van der Waals surface area contributed by atoms with Crippen LogP contribution in [0.15, 0.2) is 0 Å². The molecule has 9 heteroatoms. The van der Waals surface area contributed by atoms with E-state index in [1.807, 2.05) is 9.80 Å². The molecule has 0 N–H and O–H groups in total. The largest absolute Gasteiger partial charge is 6.00 e. The summed E-state index contributed by atoms with van der Waals surface area (Å²) in [6.45, 7) is 12.4. The Labute approximate surface area is 194 Å². The van der Waals surface area contributed by atoms with E-state index in [9.17, 15) is 0 Å². The fraction of sp³-hybridized carbons (Fsp3) is 0.857. The quantitative estimate of drug-likeness (QED) is 0.275. The molecule has 0 aliphatic rings. The predicted molar refractivity (Wildman–Crippen MR) is 119 cm³/mol. The molecule has 0 spiro atoms. The van der Waals surface area contributed by atoms with E-state index in [1.54, 1.807) is 0 Å². The van der Waals surface area contributed by atoms with Crippen molar-refractivity contribution in [2.45, 2.75) is 53.4 Å². The minimum atomic E-state index is 0. The second-order valence-electron chi connectivity index (χ2n) is 4.40. The zero-order valence-electron chi connectivity index (χ0n) is 14.4. The van der Waals surface area contributed by atoms with Crippen LogP contribution in [0.1, 0.15) is 53.4 Å². The van der Waals surface area contributed by atoms with Crippen LogP contribution in [0, 0.1) is 0 Å². The third-order valence-electron chi connectivity index (χ3n) is 2.84. The van der Waals surface area contributed by atoms with Gasteiger partial charge in [-0.25, -0.2) is 0 Å². The third kappa shape index (κ3) is 23.6. The minimum Gasteiger partial charge on any atom is -2.00 e. The molecule has 0 saturated carbocycles. The van der Waals surface area contributed by atoms with E-state index in [4.69, 9.17) is 49.7 Å². The summed E-state index contributed by atoms with van der Waals surface area (Å²) in [6.07, 6.45) is 4.78. The molecule has 0 unspecified atom stereocenters. The Bertz CT molecular complexity index is 244. The molecule has 0 aromatic heterocycles. The van der Waals surface area contributed by atoms with E-state index in [2.05, 4.69) is 27.7 Å². The van der Waals surface area contributed by atoms with Gasteiger partial charge < -0.3 is 86.5 Å². The average Bonchev–Trinajstić information content (AvgIpc) is 2.40. The van der Waals surface area contributed by atoms with Gasteiger partial charge >= 0.3 is 21.1 Å². The summed E-state index contributed by atoms with van der Waals surface area (Å²) in [5, 5.41) is 0. The standard InChI is InChI=1S/2C7H15NS2.Mo.2S/c2*1-3-5-6-8(4-2)7(9)10;;;/h2*3-6H2,1-2H3,(H,9,10);;;/q;;+6;2*-2/p-2. The monoisotopic (exact) mass is 514 g/mol. The van der Waals surface area contributed by atoms with Crippen molar-refractivity contribution >= 4 is 85.3 Å². The Kier molecular flexibility index (Phi) is 40.1. The molecule has 0 aromatic rings. The van der Waals surface area contributed by atoms with Crippen LogP contribution < -0.4 is 0 Å². The second-order valence-corrected chi connectivity index (χ2v) is 6.46. The molecule has 0 bridgehead atoms. The van der Waals surface area contributed by atoms with E-state index in [0.717, 1.165) is 26.2 Å². The molecule has 0 amide bonds. The molecule has 2 nitrogen and oxygen atoms in total. The maximum atomic E-state index is 4.87. The summed E-state index contributed by atoms with van der Waals surface area (Å²) >= 11 is 19.5. The van der Waals surface area contributed by atoms with E-state index in [1.165, 1.54) is 25.7 Å². The van der Waals surface area contributed by atoms with Crippen molar-refractivity contribution in [3.05, 3.63) is 0 Å². The van der Waals surface area contributed by atoms with Gasteiger partial charge in [-0.15, -0.1) is 0 Å². The van der Waals surface area contributed by atoms with Gasteiger partial charge in [0.2, 0.25) is 0 Å². The van der Waals surface area contributed by atoms with Crippen molar-refractivity contribution in [1.29, 1.82) is 0 Å². The van der Waals surface area contributed by atoms with Crippen LogP contribution in [0.4, 0.5) is 0 Å². The fourth-order valence-corrected chi connectivity index (χ4v) is 2.34. The van der Waals surface area contributed by atoms with Crippen LogP contribution in [-0.2, 0) is 73.3 Å². The van der Waals surface area contributed by atoms with Crippen LogP contribution in [0.3, 0.4) is 0 Å². The van der Waals surface area contributed by atoms with Gasteiger partial charge in [-0.1, -0.05) is 35.3 Å². The van der Waals surface area contributed by atoms with Gasteiger partial charge in [0.15, 0.2) is 0 Å². The topological polar surface area (TPSA) is 6.48 Å². The third-order valence-corrected chi connectivity index (χ3v) is 3.88. The molecule has 0 aliphatic heterocycles. The number of rotatable bonds is 8. The van der Waals surface area contributed by atoms with Crippen LogP contribution in [0.2, 0.25) is 0 Å². The Morgan fingerprint density at radius 1 is 0.739 bits per heavy atom. The maximum absolute atomic E-state index is 4.87. The number of hydrogen-bond acceptors (Lipinski definition) is 4. The second kappa shape index (κ2) is 25.8. The number of unbranched alkanes of at least 4 members (excludes halogenated alkanes) is 2. The summed E-state index contributed by atoms with van der Waals surface area (Å²) < 4.78 is 1.21. The molecule has 0 rings (SSSR count). The van der Waals surface area contributed by atoms with Crippen LogP contribution in [0.5, 0.6) is 0 Å². The van der Waals surface area contributed by atoms with E-state index in [0.29, 0.717) is 8.64 Å². The summed E-state index contributed by atoms with van der Waals surface area (Å²) in [5.74, 6) is 0. The summed E-state index contributed by atoms with van der Waals surface area (Å²) in [4.78, 5) is 4.10. The summed E-state index contributed by atoms with van der Waals surface area (Å²) in [7, 11) is 0. The first-order valence-corrected chi connectivity index (χ1v) is 8.99. The fourth-order valence-electron chi connectivity index (χ4n) is 1.45. The van der Waals surface area contributed by atoms with Gasteiger partial charge in [-0.05, 0) is 26.7 Å². The molecular weight excluding hydrogens is 485 g/mol. The number of hydrogen-bond donors (Lipinski definition) is 0. The van der Waals surface area contributed by atoms with Crippen molar-refractivity contribution < 1.29 is 21.1 Å². The van der Waals surface area contributed by atoms with Gasteiger partial charge in [0.25, 0.3) is 0 Å². The van der Waals surface area contributed by atoms with Crippen molar-refractivity contribution in [1.82, 2.24) is 9.80 Å². The molecule has 0 saturated heterocycles. The van der Waals surface area contributed by atoms with Crippen molar-refractivity contribution in [2.75, 3.05) is 26.2 Å². The molecule has 136 valence electrons. The summed E-state index contributed by atoms with van der Waals surface area (Å²) in [5.41, 5.74) is 0. The number of nitrogens with zero attached hydrogens (tertiary/aromatic N) is 2. The molecular formula is C14H28MoN2S6. The molecule has 0 atom stereocenters. The van der Waals surface area contributed by atoms with Gasteiger partial charge in [0.05, 0.1) is 0 Å². The zero-order chi connectivity index (χ0) is 16.0. The molecule has 0 fully saturated rings. The van der Waals surface area contributed by atoms with E-state index in [-0.39, 0.29) is 48.1 Å². The average molecular weight is 513 g/mol. The molecule has 0 aliphatic carbocycles. The van der Waals surface area contributed by atoms with Crippen LogP contribution >= 0.6 is 24.4 Å². The number of thiocarbonyl (C=S) groups is 2. The smallest absolute Gasteiger partial charge is 2.00 e. The van der Waals surface area contributed by atoms with Gasteiger partial charge in [0.1, 0.15) is 0 Å². The Hall–Kier alpha value is 1.61. The van der Waals surface area contributed by atoms with E-state index >= 15 is 0 Å². The molecule has 0 heterocycles. The molecule has 0 aromatic carbocycles. The summed E-state index contributed by atoms with van der Waals surface area (Å²) in [6, 6.07) is 0. The van der Waals surface area contributed by atoms with Gasteiger partial charge in [-0.2, -0.15) is 0 Å². The zero-order valence-corrected chi connectivity index (χ0v) is 21.3. The molecule has 23 heavy (non-hydrogen) atoms. The van der Waals surface area contributed by atoms with Crippen molar-refractivity contribution in [3.63, 3.8) is 0 Å². The van der Waals surface area contributed by atoms with Gasteiger partial charge in [0, 0.05) is 26.2 Å². The normalized spacial score (nSPS) is 8.17. The Balaban J connectivity index is -0.0000000831. The first-order valence-electron chi connectivity index (χ1n) is 7.36. The van der Waals surface area contributed by atoms with Crippen molar-refractivity contribution in [2.24, 2.45) is 0 Å². The SMILES string of the molecule is CCCCN(CC)C(=S)[S-].CCCCN(CC)C(=S)[S-].[Mo+6].[S-2].[S-2]. The van der Waals surface area contributed by atoms with Crippen molar-refractivity contribution in [3.8, 4) is 0 Å². The first-order chi connectivity index (χ1) is 9.44. The van der Waals surface area contributed by atoms with Crippen LogP contribution in [0.25, 0.3) is 0 Å².